The SMILES string of the molecule is c1ccc(-n2c3ccccc3c3c4c5ccccc5n(-c5ccccc5)c4c4c(c5cccnc5n5c6ccccc6nc45)c32)cc1. The molecule has 11 rings (SSSR count). The Hall–Kier alpha value is -6.46. The van der Waals surface area contributed by atoms with Gasteiger partial charge in [-0.3, -0.25) is 4.40 Å². The molecule has 0 aliphatic heterocycles. The highest BCUT2D eigenvalue weighted by molar-refractivity contribution is 6.42. The van der Waals surface area contributed by atoms with E-state index in [2.05, 4.69) is 159 Å². The van der Waals surface area contributed by atoms with Crippen molar-refractivity contribution < 1.29 is 0 Å². The van der Waals surface area contributed by atoms with Gasteiger partial charge in [-0.05, 0) is 60.7 Å². The second kappa shape index (κ2) is 9.05. The van der Waals surface area contributed by atoms with Gasteiger partial charge in [0.15, 0.2) is 0 Å². The lowest BCUT2D eigenvalue weighted by Crippen LogP contribution is -2.00. The van der Waals surface area contributed by atoms with Crippen molar-refractivity contribution in [1.82, 2.24) is 23.5 Å². The molecule has 0 saturated heterocycles. The van der Waals surface area contributed by atoms with Crippen molar-refractivity contribution in [2.45, 2.75) is 0 Å². The molecule has 5 heterocycles. The van der Waals surface area contributed by atoms with Crippen LogP contribution in [0.25, 0.3) is 93.5 Å². The van der Waals surface area contributed by atoms with E-state index in [-0.39, 0.29) is 0 Å². The number of pyridine rings is 2. The van der Waals surface area contributed by atoms with E-state index in [1.54, 1.807) is 0 Å². The average Bonchev–Trinajstić information content (AvgIpc) is 3.80. The van der Waals surface area contributed by atoms with Gasteiger partial charge in [-0.2, -0.15) is 0 Å². The van der Waals surface area contributed by atoms with Crippen LogP contribution in [-0.4, -0.2) is 23.5 Å². The number of benzene rings is 6. The van der Waals surface area contributed by atoms with E-state index < -0.39 is 0 Å². The Morgan fingerprint density at radius 3 is 1.51 bits per heavy atom. The Balaban J connectivity index is 1.59. The first kappa shape index (κ1) is 24.8. The second-order valence-electron chi connectivity index (χ2n) is 12.2. The molecule has 218 valence electrons. The molecule has 5 nitrogen and oxygen atoms in total. The maximum absolute atomic E-state index is 5.41. The first-order chi connectivity index (χ1) is 23.4. The van der Waals surface area contributed by atoms with Crippen LogP contribution >= 0.6 is 0 Å². The van der Waals surface area contributed by atoms with Crippen molar-refractivity contribution in [3.63, 3.8) is 0 Å². The highest BCUT2D eigenvalue weighted by atomic mass is 15.1. The minimum atomic E-state index is 0.900. The number of aromatic nitrogens is 5. The zero-order chi connectivity index (χ0) is 30.6. The van der Waals surface area contributed by atoms with Gasteiger partial charge in [-0.15, -0.1) is 0 Å². The molecule has 0 radical (unpaired) electrons. The standard InChI is InChI=1S/C42H25N5/c1-3-14-26(15-4-1)45-32-22-10-7-18-28(32)35-36-29-19-8-11-23-33(29)46(27-16-5-2-6-17-27)40(36)38-37(39(35)45)30-20-13-25-43-41(30)47-34-24-12-9-21-31(34)44-42(38)47/h1-25H. The smallest absolute Gasteiger partial charge is 0.149 e. The van der Waals surface area contributed by atoms with Crippen LogP contribution in [-0.2, 0) is 0 Å². The molecule has 0 unspecified atom stereocenters. The fraction of sp³-hybridized carbons (Fsp3) is 0. The third-order valence-electron chi connectivity index (χ3n) is 9.80. The van der Waals surface area contributed by atoms with Gasteiger partial charge in [0.2, 0.25) is 0 Å². The van der Waals surface area contributed by atoms with Gasteiger partial charge in [0.25, 0.3) is 0 Å². The quantitative estimate of drug-likeness (QED) is 0.186. The van der Waals surface area contributed by atoms with Crippen molar-refractivity contribution in [3.05, 3.63) is 152 Å². The highest BCUT2D eigenvalue weighted by Crippen LogP contribution is 2.49. The topological polar surface area (TPSA) is 40.0 Å². The predicted molar refractivity (Wildman–Crippen MR) is 194 cm³/mol. The largest absolute Gasteiger partial charge is 0.309 e. The van der Waals surface area contributed by atoms with Crippen LogP contribution in [0.5, 0.6) is 0 Å². The molecular weight excluding hydrogens is 574 g/mol. The molecular formula is C42H25N5. The highest BCUT2D eigenvalue weighted by Gasteiger charge is 2.28. The van der Waals surface area contributed by atoms with Crippen LogP contribution in [0.3, 0.4) is 0 Å². The van der Waals surface area contributed by atoms with Crippen LogP contribution < -0.4 is 0 Å². The molecule has 0 spiro atoms. The van der Waals surface area contributed by atoms with Gasteiger partial charge in [0.05, 0.1) is 38.5 Å². The summed E-state index contributed by atoms with van der Waals surface area (Å²) < 4.78 is 7.16. The lowest BCUT2D eigenvalue weighted by Gasteiger charge is -2.16. The Morgan fingerprint density at radius 1 is 0.383 bits per heavy atom. The summed E-state index contributed by atoms with van der Waals surface area (Å²) in [5.74, 6) is 0. The van der Waals surface area contributed by atoms with Crippen molar-refractivity contribution >= 4 is 82.1 Å². The minimum absolute atomic E-state index is 0.900. The second-order valence-corrected chi connectivity index (χ2v) is 12.2. The van der Waals surface area contributed by atoms with Crippen molar-refractivity contribution in [1.29, 1.82) is 0 Å². The molecule has 0 aliphatic rings. The number of hydrogen-bond donors (Lipinski definition) is 0. The number of nitrogens with zero attached hydrogens (tertiary/aromatic N) is 5. The molecule has 6 aromatic carbocycles. The van der Waals surface area contributed by atoms with Gasteiger partial charge in [-0.25, -0.2) is 9.97 Å². The Kier molecular flexibility index (Phi) is 4.78. The molecule has 5 aromatic heterocycles. The summed E-state index contributed by atoms with van der Waals surface area (Å²) in [6.45, 7) is 0. The summed E-state index contributed by atoms with van der Waals surface area (Å²) in [5.41, 5.74) is 10.7. The zero-order valence-electron chi connectivity index (χ0n) is 25.2. The summed E-state index contributed by atoms with van der Waals surface area (Å²) in [5, 5.41) is 8.27. The summed E-state index contributed by atoms with van der Waals surface area (Å²) in [4.78, 5) is 10.5. The van der Waals surface area contributed by atoms with Crippen molar-refractivity contribution in [2.24, 2.45) is 0 Å². The van der Waals surface area contributed by atoms with Crippen LogP contribution in [0.2, 0.25) is 0 Å². The number of fused-ring (bicyclic) bond motifs is 17. The van der Waals surface area contributed by atoms with Gasteiger partial charge in [-0.1, -0.05) is 84.9 Å². The normalized spacial score (nSPS) is 12.3. The van der Waals surface area contributed by atoms with Gasteiger partial charge in [0.1, 0.15) is 11.3 Å². The average molecular weight is 600 g/mol. The summed E-state index contributed by atoms with van der Waals surface area (Å²) in [7, 11) is 0. The van der Waals surface area contributed by atoms with E-state index in [4.69, 9.17) is 9.97 Å². The monoisotopic (exact) mass is 599 g/mol. The summed E-state index contributed by atoms with van der Waals surface area (Å²) in [6, 6.07) is 51.8. The number of hydrogen-bond acceptors (Lipinski definition) is 2. The van der Waals surface area contributed by atoms with Crippen LogP contribution in [0.1, 0.15) is 0 Å². The molecule has 11 aromatic rings. The summed E-state index contributed by atoms with van der Waals surface area (Å²) >= 11 is 0. The van der Waals surface area contributed by atoms with E-state index >= 15 is 0 Å². The first-order valence-electron chi connectivity index (χ1n) is 16.0. The Labute approximate surface area is 268 Å². The van der Waals surface area contributed by atoms with Gasteiger partial charge >= 0.3 is 0 Å². The maximum Gasteiger partial charge on any atom is 0.149 e. The number of imidazole rings is 1. The molecule has 0 saturated carbocycles. The maximum atomic E-state index is 5.41. The molecule has 47 heavy (non-hydrogen) atoms. The van der Waals surface area contributed by atoms with E-state index in [0.29, 0.717) is 0 Å². The van der Waals surface area contributed by atoms with Gasteiger partial charge < -0.3 is 9.13 Å². The van der Waals surface area contributed by atoms with Crippen LogP contribution in [0.15, 0.2) is 152 Å². The predicted octanol–water partition coefficient (Wildman–Crippen LogP) is 10.4. The summed E-state index contributed by atoms with van der Waals surface area (Å²) in [6.07, 6.45) is 1.89. The van der Waals surface area contributed by atoms with Gasteiger partial charge in [0, 0.05) is 49.9 Å². The minimum Gasteiger partial charge on any atom is -0.309 e. The Morgan fingerprint density at radius 2 is 0.872 bits per heavy atom. The molecule has 0 aliphatic carbocycles. The fourth-order valence-corrected chi connectivity index (χ4v) is 8.05. The number of para-hydroxylation sites is 6. The first-order valence-corrected chi connectivity index (χ1v) is 16.0. The van der Waals surface area contributed by atoms with Crippen LogP contribution in [0, 0.1) is 0 Å². The van der Waals surface area contributed by atoms with Crippen molar-refractivity contribution in [3.8, 4) is 11.4 Å². The lowest BCUT2D eigenvalue weighted by molar-refractivity contribution is 1.18. The van der Waals surface area contributed by atoms with Crippen molar-refractivity contribution in [2.75, 3.05) is 0 Å². The van der Waals surface area contributed by atoms with E-state index in [9.17, 15) is 0 Å². The lowest BCUT2D eigenvalue weighted by atomic mass is 9.98. The Bertz CT molecular complexity index is 3060. The zero-order valence-corrected chi connectivity index (χ0v) is 25.2. The van der Waals surface area contributed by atoms with E-state index in [0.717, 1.165) is 55.4 Å². The molecule has 0 bridgehead atoms. The van der Waals surface area contributed by atoms with E-state index in [1.807, 2.05) is 6.20 Å². The molecule has 0 atom stereocenters. The van der Waals surface area contributed by atoms with Crippen LogP contribution in [0.4, 0.5) is 0 Å². The fourth-order valence-electron chi connectivity index (χ4n) is 8.05. The molecule has 5 heteroatoms. The van der Waals surface area contributed by atoms with E-state index in [1.165, 1.54) is 38.1 Å². The molecule has 0 N–H and O–H groups in total. The number of rotatable bonds is 2. The molecule has 0 fully saturated rings. The third kappa shape index (κ3) is 3.12. The third-order valence-corrected chi connectivity index (χ3v) is 9.80. The molecule has 0 amide bonds.